The van der Waals surface area contributed by atoms with Crippen LogP contribution in [-0.2, 0) is 0 Å². The zero-order valence-electron chi connectivity index (χ0n) is 7.45. The molecule has 12 heavy (non-hydrogen) atoms. The summed E-state index contributed by atoms with van der Waals surface area (Å²) in [4.78, 5) is 0. The lowest BCUT2D eigenvalue weighted by Crippen LogP contribution is -2.60. The van der Waals surface area contributed by atoms with Crippen LogP contribution in [0.1, 0.15) is 25.7 Å². The van der Waals surface area contributed by atoms with Gasteiger partial charge in [-0.3, -0.25) is 0 Å². The summed E-state index contributed by atoms with van der Waals surface area (Å²) in [7, 11) is 0. The molecule has 0 amide bonds. The molecule has 4 rings (SSSR count). The van der Waals surface area contributed by atoms with Crippen LogP contribution in [0.4, 0.5) is 0 Å². The first kappa shape index (κ1) is 7.34. The third-order valence-corrected chi connectivity index (χ3v) is 4.60. The monoisotopic (exact) mass is 166 g/mol. The first-order valence-corrected chi connectivity index (χ1v) is 5.27. The van der Waals surface area contributed by atoms with Crippen LogP contribution in [0.25, 0.3) is 0 Å². The Kier molecular flexibility index (Phi) is 1.37. The van der Waals surface area contributed by atoms with Gasteiger partial charge in [0, 0.05) is 12.1 Å². The van der Waals surface area contributed by atoms with Crippen molar-refractivity contribution in [2.45, 2.75) is 37.8 Å². The van der Waals surface area contributed by atoms with E-state index in [2.05, 4.69) is 0 Å². The van der Waals surface area contributed by atoms with Gasteiger partial charge in [0.15, 0.2) is 0 Å². The van der Waals surface area contributed by atoms with Gasteiger partial charge in [-0.25, -0.2) is 0 Å². The molecule has 0 atom stereocenters. The van der Waals surface area contributed by atoms with E-state index in [1.165, 1.54) is 25.7 Å². The predicted octanol–water partition coefficient (Wildman–Crippen LogP) is 0.707. The molecule has 4 saturated carbocycles. The van der Waals surface area contributed by atoms with Crippen LogP contribution in [0.2, 0.25) is 0 Å². The Morgan fingerprint density at radius 1 is 0.583 bits per heavy atom. The third-order valence-electron chi connectivity index (χ3n) is 4.60. The number of nitrogens with two attached hydrogens (primary N) is 2. The Balaban J connectivity index is 1.91. The maximum Gasteiger partial charge on any atom is 0.00960 e. The predicted molar refractivity (Wildman–Crippen MR) is 48.4 cm³/mol. The van der Waals surface area contributed by atoms with E-state index in [0.717, 1.165) is 23.7 Å². The van der Waals surface area contributed by atoms with E-state index in [9.17, 15) is 0 Å². The zero-order valence-corrected chi connectivity index (χ0v) is 7.45. The number of hydrogen-bond donors (Lipinski definition) is 2. The highest BCUT2D eigenvalue weighted by Crippen LogP contribution is 2.52. The van der Waals surface area contributed by atoms with Crippen molar-refractivity contribution < 1.29 is 0 Å². The molecular formula is C10H18N2. The molecule has 4 bridgehead atoms. The Bertz CT molecular complexity index is 154. The first-order chi connectivity index (χ1) is 5.75. The molecule has 2 nitrogen and oxygen atoms in total. The molecule has 4 aliphatic carbocycles. The van der Waals surface area contributed by atoms with Crippen molar-refractivity contribution in [3.8, 4) is 0 Å². The van der Waals surface area contributed by atoms with E-state index in [-0.39, 0.29) is 0 Å². The van der Waals surface area contributed by atoms with Gasteiger partial charge in [-0.15, -0.1) is 0 Å². The van der Waals surface area contributed by atoms with Crippen molar-refractivity contribution in [3.63, 3.8) is 0 Å². The molecule has 0 saturated heterocycles. The Hall–Kier alpha value is -0.0800. The molecule has 4 aliphatic rings. The molecule has 2 heteroatoms. The van der Waals surface area contributed by atoms with Gasteiger partial charge in [-0.05, 0) is 49.4 Å². The summed E-state index contributed by atoms with van der Waals surface area (Å²) < 4.78 is 0. The third kappa shape index (κ3) is 0.775. The summed E-state index contributed by atoms with van der Waals surface area (Å²) in [6, 6.07) is 1.04. The van der Waals surface area contributed by atoms with Crippen molar-refractivity contribution in [3.05, 3.63) is 0 Å². The van der Waals surface area contributed by atoms with E-state index in [1.54, 1.807) is 0 Å². The van der Waals surface area contributed by atoms with Gasteiger partial charge >= 0.3 is 0 Å². The molecule has 0 heterocycles. The second-order valence-corrected chi connectivity index (χ2v) is 5.14. The molecule has 0 aliphatic heterocycles. The zero-order chi connectivity index (χ0) is 8.29. The van der Waals surface area contributed by atoms with Crippen LogP contribution >= 0.6 is 0 Å². The molecule has 4 fully saturated rings. The molecule has 68 valence electrons. The van der Waals surface area contributed by atoms with Crippen LogP contribution in [0.5, 0.6) is 0 Å². The minimum atomic E-state index is 0.519. The van der Waals surface area contributed by atoms with Gasteiger partial charge in [0.1, 0.15) is 0 Å². The Morgan fingerprint density at radius 3 is 1.08 bits per heavy atom. The molecule has 0 aromatic carbocycles. The second kappa shape index (κ2) is 2.24. The molecule has 0 aromatic rings. The van der Waals surface area contributed by atoms with Crippen LogP contribution in [-0.4, -0.2) is 12.1 Å². The van der Waals surface area contributed by atoms with E-state index >= 15 is 0 Å². The lowest BCUT2D eigenvalue weighted by atomic mass is 9.52. The fourth-order valence-corrected chi connectivity index (χ4v) is 3.97. The van der Waals surface area contributed by atoms with Crippen molar-refractivity contribution in [2.24, 2.45) is 35.1 Å². The van der Waals surface area contributed by atoms with E-state index < -0.39 is 0 Å². The maximum absolute atomic E-state index is 6.17. The first-order valence-electron chi connectivity index (χ1n) is 5.27. The lowest BCUT2D eigenvalue weighted by Gasteiger charge is -2.56. The highest BCUT2D eigenvalue weighted by Gasteiger charge is 2.50. The minimum absolute atomic E-state index is 0.519. The fourth-order valence-electron chi connectivity index (χ4n) is 3.97. The van der Waals surface area contributed by atoms with Crippen LogP contribution < -0.4 is 11.5 Å². The Morgan fingerprint density at radius 2 is 0.833 bits per heavy atom. The van der Waals surface area contributed by atoms with E-state index in [1.807, 2.05) is 0 Å². The van der Waals surface area contributed by atoms with Gasteiger partial charge in [-0.2, -0.15) is 0 Å². The maximum atomic E-state index is 6.17. The second-order valence-electron chi connectivity index (χ2n) is 5.14. The number of hydrogen-bond acceptors (Lipinski definition) is 2. The standard InChI is InChI=1S/C10H18N2/c11-9-5-1-6-3-8(9)4-7(2-5)10(6)12/h5-10H,1-4,11-12H2. The summed E-state index contributed by atoms with van der Waals surface area (Å²) in [6.45, 7) is 0. The SMILES string of the molecule is NC1C2CC3CC1CC(C2)C3N. The highest BCUT2D eigenvalue weighted by molar-refractivity contribution is 5.05. The van der Waals surface area contributed by atoms with Gasteiger partial charge in [0.2, 0.25) is 0 Å². The van der Waals surface area contributed by atoms with Crippen molar-refractivity contribution in [1.29, 1.82) is 0 Å². The molecule has 0 aromatic heterocycles. The highest BCUT2D eigenvalue weighted by atomic mass is 14.8. The summed E-state index contributed by atoms with van der Waals surface area (Å²) in [6.07, 6.45) is 5.31. The van der Waals surface area contributed by atoms with Crippen molar-refractivity contribution in [2.75, 3.05) is 0 Å². The molecule has 0 unspecified atom stereocenters. The van der Waals surface area contributed by atoms with Crippen molar-refractivity contribution in [1.82, 2.24) is 0 Å². The molecular weight excluding hydrogens is 148 g/mol. The van der Waals surface area contributed by atoms with Gasteiger partial charge in [-0.1, -0.05) is 0 Å². The van der Waals surface area contributed by atoms with Gasteiger partial charge in [0.25, 0.3) is 0 Å². The average molecular weight is 166 g/mol. The van der Waals surface area contributed by atoms with Gasteiger partial charge < -0.3 is 11.5 Å². The molecule has 0 radical (unpaired) electrons. The normalized spacial score (nSPS) is 62.5. The summed E-state index contributed by atoms with van der Waals surface area (Å²) >= 11 is 0. The van der Waals surface area contributed by atoms with Crippen molar-refractivity contribution >= 4 is 0 Å². The van der Waals surface area contributed by atoms with Gasteiger partial charge in [0.05, 0.1) is 0 Å². The smallest absolute Gasteiger partial charge is 0.00960 e. The molecule has 0 spiro atoms. The van der Waals surface area contributed by atoms with Crippen LogP contribution in [0, 0.1) is 23.7 Å². The summed E-state index contributed by atoms with van der Waals surface area (Å²) in [5, 5.41) is 0. The fraction of sp³-hybridized carbons (Fsp3) is 1.00. The minimum Gasteiger partial charge on any atom is -0.327 e. The largest absolute Gasteiger partial charge is 0.327 e. The van der Waals surface area contributed by atoms with Crippen LogP contribution in [0.3, 0.4) is 0 Å². The molecule has 4 N–H and O–H groups in total. The average Bonchev–Trinajstić information content (AvgIpc) is 2.02. The summed E-state index contributed by atoms with van der Waals surface area (Å²) in [5.74, 6) is 3.30. The Labute approximate surface area is 73.7 Å². The summed E-state index contributed by atoms with van der Waals surface area (Å²) in [5.41, 5.74) is 12.3. The quantitative estimate of drug-likeness (QED) is 0.557. The van der Waals surface area contributed by atoms with Crippen LogP contribution in [0.15, 0.2) is 0 Å². The van der Waals surface area contributed by atoms with E-state index in [0.29, 0.717) is 12.1 Å². The lowest BCUT2D eigenvalue weighted by molar-refractivity contribution is -0.0171. The topological polar surface area (TPSA) is 52.0 Å². The number of rotatable bonds is 0. The van der Waals surface area contributed by atoms with E-state index in [4.69, 9.17) is 11.5 Å².